The van der Waals surface area contributed by atoms with E-state index in [9.17, 15) is 13.2 Å². The fourth-order valence-electron chi connectivity index (χ4n) is 3.67. The molecule has 0 aliphatic heterocycles. The van der Waals surface area contributed by atoms with Crippen molar-refractivity contribution in [3.05, 3.63) is 114 Å². The number of nitrogens with zero attached hydrogens (tertiary/aromatic N) is 1. The molecule has 188 valence electrons. The maximum atomic E-state index is 10.6. The van der Waals surface area contributed by atoms with Crippen molar-refractivity contribution in [2.45, 2.75) is 19.3 Å². The summed E-state index contributed by atoms with van der Waals surface area (Å²) >= 11 is 0. The van der Waals surface area contributed by atoms with E-state index in [2.05, 4.69) is 94.1 Å². The van der Waals surface area contributed by atoms with E-state index >= 15 is 0 Å². The van der Waals surface area contributed by atoms with Crippen molar-refractivity contribution in [3.63, 3.8) is 0 Å². The van der Waals surface area contributed by atoms with Crippen LogP contribution in [0.15, 0.2) is 103 Å². The normalized spacial score (nSPS) is 11.1. The number of nitrogens with one attached hydrogen (secondary N) is 2. The number of hydrogen-bond donors (Lipinski definition) is 3. The molecule has 0 aliphatic rings. The van der Waals surface area contributed by atoms with Gasteiger partial charge >= 0.3 is 12.1 Å². The highest BCUT2D eigenvalue weighted by Gasteiger charge is 2.38. The van der Waals surface area contributed by atoms with E-state index in [1.165, 1.54) is 22.3 Å². The van der Waals surface area contributed by atoms with E-state index in [-0.39, 0.29) is 0 Å². The number of carbonyl (C=O) groups is 1. The van der Waals surface area contributed by atoms with Crippen molar-refractivity contribution in [3.8, 4) is 22.5 Å². The number of rotatable bonds is 6. The standard InChI is InChI=1S/C27H23N3.C2HF3O2/c1-2-6-20(7-3-1)18-28-19-21-10-12-22(13-11-21)23-14-16-24(17-15-23)27-29-25-8-4-5-9-26(25)30-27;3-2(4,5)1(6)7/h1-17,28H,18-19H2,(H,29,30);(H,6,7). The third-order valence-electron chi connectivity index (χ3n) is 5.58. The van der Waals surface area contributed by atoms with Gasteiger partial charge in [-0.25, -0.2) is 9.78 Å². The van der Waals surface area contributed by atoms with Crippen molar-refractivity contribution in [2.75, 3.05) is 0 Å². The van der Waals surface area contributed by atoms with E-state index in [1.54, 1.807) is 0 Å². The summed E-state index contributed by atoms with van der Waals surface area (Å²) in [5, 5.41) is 10.6. The number of benzene rings is 4. The minimum atomic E-state index is -5.08. The van der Waals surface area contributed by atoms with Crippen molar-refractivity contribution in [2.24, 2.45) is 0 Å². The zero-order valence-corrected chi connectivity index (χ0v) is 19.7. The van der Waals surface area contributed by atoms with Gasteiger partial charge in [0.2, 0.25) is 0 Å². The smallest absolute Gasteiger partial charge is 0.475 e. The topological polar surface area (TPSA) is 78.0 Å². The Morgan fingerprint density at radius 1 is 0.730 bits per heavy atom. The zero-order chi connectivity index (χ0) is 26.3. The van der Waals surface area contributed by atoms with E-state index in [1.807, 2.05) is 24.3 Å². The summed E-state index contributed by atoms with van der Waals surface area (Å²) in [4.78, 5) is 17.0. The molecule has 0 spiro atoms. The summed E-state index contributed by atoms with van der Waals surface area (Å²) in [5.74, 6) is -1.85. The molecule has 0 unspecified atom stereocenters. The Hall–Kier alpha value is -4.43. The van der Waals surface area contributed by atoms with Crippen LogP contribution in [0.25, 0.3) is 33.5 Å². The molecule has 1 aromatic heterocycles. The second-order valence-electron chi connectivity index (χ2n) is 8.27. The lowest BCUT2D eigenvalue weighted by atomic mass is 10.0. The minimum Gasteiger partial charge on any atom is -0.475 e. The predicted molar refractivity (Wildman–Crippen MR) is 138 cm³/mol. The van der Waals surface area contributed by atoms with Gasteiger partial charge in [0.1, 0.15) is 5.82 Å². The van der Waals surface area contributed by atoms with Crippen LogP contribution in [0.5, 0.6) is 0 Å². The molecule has 0 fully saturated rings. The molecular weight excluding hydrogens is 479 g/mol. The lowest BCUT2D eigenvalue weighted by molar-refractivity contribution is -0.192. The highest BCUT2D eigenvalue weighted by Crippen LogP contribution is 2.25. The number of halogens is 3. The third kappa shape index (κ3) is 7.05. The summed E-state index contributed by atoms with van der Waals surface area (Å²) in [7, 11) is 0. The SMILES string of the molecule is O=C(O)C(F)(F)F.c1ccc(CNCc2ccc(-c3ccc(-c4nc5ccccc5[nH]4)cc3)cc2)cc1. The number of alkyl halides is 3. The Bertz CT molecular complexity index is 1410. The Morgan fingerprint density at radius 3 is 1.78 bits per heavy atom. The van der Waals surface area contributed by atoms with Crippen LogP contribution in [0.2, 0.25) is 0 Å². The van der Waals surface area contributed by atoms with Gasteiger partial charge in [0.15, 0.2) is 0 Å². The van der Waals surface area contributed by atoms with Gasteiger partial charge in [-0.3, -0.25) is 0 Å². The highest BCUT2D eigenvalue weighted by atomic mass is 19.4. The molecule has 0 saturated carbocycles. The zero-order valence-electron chi connectivity index (χ0n) is 19.7. The molecule has 0 bridgehead atoms. The lowest BCUT2D eigenvalue weighted by Crippen LogP contribution is -2.21. The van der Waals surface area contributed by atoms with Crippen molar-refractivity contribution in [1.82, 2.24) is 15.3 Å². The molecule has 0 radical (unpaired) electrons. The fourth-order valence-corrected chi connectivity index (χ4v) is 3.67. The third-order valence-corrected chi connectivity index (χ3v) is 5.58. The molecule has 0 atom stereocenters. The average molecular weight is 504 g/mol. The number of imidazole rings is 1. The molecule has 37 heavy (non-hydrogen) atoms. The van der Waals surface area contributed by atoms with Crippen LogP contribution in [-0.2, 0) is 17.9 Å². The van der Waals surface area contributed by atoms with Crippen LogP contribution in [0, 0.1) is 0 Å². The molecular formula is C29H24F3N3O2. The van der Waals surface area contributed by atoms with Gasteiger partial charge < -0.3 is 15.4 Å². The second-order valence-corrected chi connectivity index (χ2v) is 8.27. The monoisotopic (exact) mass is 503 g/mol. The first-order valence-corrected chi connectivity index (χ1v) is 11.5. The molecule has 5 aromatic rings. The number of carboxylic acid groups (broad SMARTS) is 1. The van der Waals surface area contributed by atoms with Crippen LogP contribution in [-0.4, -0.2) is 27.2 Å². The minimum absolute atomic E-state index is 0.861. The first-order valence-electron chi connectivity index (χ1n) is 11.5. The van der Waals surface area contributed by atoms with E-state index in [0.717, 1.165) is 35.5 Å². The summed E-state index contributed by atoms with van der Waals surface area (Å²) in [5.41, 5.74) is 8.17. The van der Waals surface area contributed by atoms with Gasteiger partial charge in [0.05, 0.1) is 11.0 Å². The molecule has 3 N–H and O–H groups in total. The predicted octanol–water partition coefficient (Wildman–Crippen LogP) is 6.82. The molecule has 5 nitrogen and oxygen atoms in total. The quantitative estimate of drug-likeness (QED) is 0.238. The Morgan fingerprint density at radius 2 is 1.22 bits per heavy atom. The van der Waals surface area contributed by atoms with Gasteiger partial charge in [-0.2, -0.15) is 13.2 Å². The fraction of sp³-hybridized carbons (Fsp3) is 0.103. The summed E-state index contributed by atoms with van der Waals surface area (Å²) in [6.07, 6.45) is -5.08. The Balaban J connectivity index is 0.000000405. The number of aromatic nitrogens is 2. The van der Waals surface area contributed by atoms with Gasteiger partial charge in [-0.15, -0.1) is 0 Å². The highest BCUT2D eigenvalue weighted by molar-refractivity contribution is 5.79. The van der Waals surface area contributed by atoms with E-state index in [4.69, 9.17) is 9.90 Å². The number of H-pyrrole nitrogens is 1. The maximum Gasteiger partial charge on any atom is 0.490 e. The summed E-state index contributed by atoms with van der Waals surface area (Å²) in [6.45, 7) is 1.74. The number of fused-ring (bicyclic) bond motifs is 1. The molecule has 8 heteroatoms. The van der Waals surface area contributed by atoms with Crippen LogP contribution in [0.1, 0.15) is 11.1 Å². The maximum absolute atomic E-state index is 10.6. The molecule has 5 rings (SSSR count). The van der Waals surface area contributed by atoms with E-state index in [0.29, 0.717) is 0 Å². The van der Waals surface area contributed by atoms with Gasteiger partial charge in [-0.05, 0) is 34.4 Å². The number of para-hydroxylation sites is 2. The van der Waals surface area contributed by atoms with Crippen LogP contribution in [0.4, 0.5) is 13.2 Å². The van der Waals surface area contributed by atoms with Gasteiger partial charge in [-0.1, -0.05) is 91.0 Å². The summed E-state index contributed by atoms with van der Waals surface area (Å²) < 4.78 is 31.7. The molecule has 0 aliphatic carbocycles. The first-order chi connectivity index (χ1) is 17.8. The Kier molecular flexibility index (Phi) is 8.00. The second kappa shape index (κ2) is 11.5. The van der Waals surface area contributed by atoms with Crippen LogP contribution in [0.3, 0.4) is 0 Å². The number of hydrogen-bond acceptors (Lipinski definition) is 3. The van der Waals surface area contributed by atoms with Gasteiger partial charge in [0.25, 0.3) is 0 Å². The van der Waals surface area contributed by atoms with Crippen molar-refractivity contribution < 1.29 is 23.1 Å². The number of aliphatic carboxylic acids is 1. The van der Waals surface area contributed by atoms with Crippen LogP contribution >= 0.6 is 0 Å². The van der Waals surface area contributed by atoms with Crippen LogP contribution < -0.4 is 5.32 Å². The molecule has 1 heterocycles. The molecule has 0 saturated heterocycles. The van der Waals surface area contributed by atoms with E-state index < -0.39 is 12.1 Å². The number of aromatic amines is 1. The summed E-state index contributed by atoms with van der Waals surface area (Å²) in [6, 6.07) is 35.9. The number of carboxylic acids is 1. The molecule has 4 aromatic carbocycles. The largest absolute Gasteiger partial charge is 0.490 e. The van der Waals surface area contributed by atoms with Crippen molar-refractivity contribution >= 4 is 17.0 Å². The van der Waals surface area contributed by atoms with Gasteiger partial charge in [0, 0.05) is 18.7 Å². The van der Waals surface area contributed by atoms with Crippen molar-refractivity contribution in [1.29, 1.82) is 0 Å². The lowest BCUT2D eigenvalue weighted by Gasteiger charge is -2.07. The average Bonchev–Trinajstić information content (AvgIpc) is 3.34. The molecule has 0 amide bonds. The first kappa shape index (κ1) is 25.7. The Labute approximate surface area is 211 Å².